The highest BCUT2D eigenvalue weighted by molar-refractivity contribution is 5.87. The van der Waals surface area contributed by atoms with E-state index >= 15 is 0 Å². The zero-order valence-electron chi connectivity index (χ0n) is 33.3. The number of carbonyl (C=O) groups is 4. The average Bonchev–Trinajstić information content (AvgIpc) is 3.15. The standard InChI is InChI=1S/C45H54N2O9/c1-8-10-11-12-13-14-15-16-34-21-23-38(24-22-34)52-29-39(30-54-41(49)33(3)4)56-43(51)47-37-25-44(5,6)31-45(7,26-37)32-46-42(50)55-28-36-19-17-35(18-20-36)27-53-40(48)9-2/h9,21-24,35-37,39H,2-3,17-20,25-32H2,1,4-7H3,(H,46,50)(H,47,51). The quantitative estimate of drug-likeness (QED) is 0.0886. The molecule has 3 unspecified atom stereocenters. The summed E-state index contributed by atoms with van der Waals surface area (Å²) in [7, 11) is 0. The van der Waals surface area contributed by atoms with E-state index in [0.29, 0.717) is 49.8 Å². The molecule has 1 aromatic rings. The lowest BCUT2D eigenvalue weighted by atomic mass is 9.62. The second kappa shape index (κ2) is 22.6. The van der Waals surface area contributed by atoms with Crippen molar-refractivity contribution in [3.63, 3.8) is 0 Å². The molecule has 2 aliphatic rings. The SMILES string of the molecule is C=CC(=O)OCC1CCC(COC(=O)NCC2(C)CC(NC(=O)OC(COC(=O)C(=C)C)COc3ccc(C#CC#CC#CC#CC)cc3)CC(C)(C)C2)CC1. The number of benzene rings is 1. The summed E-state index contributed by atoms with van der Waals surface area (Å²) in [4.78, 5) is 49.5. The van der Waals surface area contributed by atoms with Crippen molar-refractivity contribution < 1.29 is 42.9 Å². The summed E-state index contributed by atoms with van der Waals surface area (Å²) in [6.07, 6.45) is 4.84. The van der Waals surface area contributed by atoms with Crippen LogP contribution in [0, 0.1) is 70.0 Å². The number of amides is 2. The first-order valence-corrected chi connectivity index (χ1v) is 18.8. The Morgan fingerprint density at radius 2 is 1.48 bits per heavy atom. The molecule has 2 N–H and O–H groups in total. The second-order valence-electron chi connectivity index (χ2n) is 15.4. The maximum Gasteiger partial charge on any atom is 0.407 e. The van der Waals surface area contributed by atoms with Gasteiger partial charge in [-0.05, 0) is 141 Å². The molecule has 2 amide bonds. The normalized spacial score (nSPS) is 21.0. The van der Waals surface area contributed by atoms with Gasteiger partial charge in [-0.25, -0.2) is 19.2 Å². The van der Waals surface area contributed by atoms with Crippen LogP contribution in [-0.4, -0.2) is 69.2 Å². The number of hydrogen-bond acceptors (Lipinski definition) is 9. The fourth-order valence-electron chi connectivity index (χ4n) is 7.10. The van der Waals surface area contributed by atoms with E-state index in [1.165, 1.54) is 13.0 Å². The third-order valence-electron chi connectivity index (χ3n) is 9.43. The van der Waals surface area contributed by atoms with Crippen LogP contribution in [0.2, 0.25) is 0 Å². The van der Waals surface area contributed by atoms with Gasteiger partial charge in [0.1, 0.15) is 19.0 Å². The number of alkyl carbamates (subject to hydrolysis) is 2. The molecule has 3 atom stereocenters. The minimum atomic E-state index is -0.921. The summed E-state index contributed by atoms with van der Waals surface area (Å²) in [6, 6.07) is 6.72. The van der Waals surface area contributed by atoms with Crippen molar-refractivity contribution in [2.45, 2.75) is 91.7 Å². The average molecular weight is 767 g/mol. The number of rotatable bonds is 15. The summed E-state index contributed by atoms with van der Waals surface area (Å²) >= 11 is 0. The molecule has 3 rings (SSSR count). The third kappa shape index (κ3) is 17.1. The molecule has 298 valence electrons. The van der Waals surface area contributed by atoms with E-state index in [9.17, 15) is 19.2 Å². The molecule has 0 bridgehead atoms. The van der Waals surface area contributed by atoms with Gasteiger partial charge in [-0.2, -0.15) is 0 Å². The Morgan fingerprint density at radius 1 is 0.857 bits per heavy atom. The van der Waals surface area contributed by atoms with E-state index in [0.717, 1.165) is 32.1 Å². The van der Waals surface area contributed by atoms with Crippen LogP contribution in [0.5, 0.6) is 5.75 Å². The predicted octanol–water partition coefficient (Wildman–Crippen LogP) is 6.51. The smallest absolute Gasteiger partial charge is 0.407 e. The van der Waals surface area contributed by atoms with E-state index < -0.39 is 30.2 Å². The zero-order valence-corrected chi connectivity index (χ0v) is 33.3. The monoisotopic (exact) mass is 766 g/mol. The lowest BCUT2D eigenvalue weighted by Crippen LogP contribution is -2.51. The second-order valence-corrected chi connectivity index (χ2v) is 15.4. The minimum Gasteiger partial charge on any atom is -0.490 e. The summed E-state index contributed by atoms with van der Waals surface area (Å²) in [6.45, 7) is 17.4. The fourth-order valence-corrected chi connectivity index (χ4v) is 7.10. The van der Waals surface area contributed by atoms with Gasteiger partial charge in [-0.3, -0.25) is 0 Å². The number of hydrogen-bond donors (Lipinski definition) is 2. The Bertz CT molecular complexity index is 1810. The van der Waals surface area contributed by atoms with Gasteiger partial charge in [0, 0.05) is 29.8 Å². The van der Waals surface area contributed by atoms with Gasteiger partial charge in [-0.1, -0.05) is 45.8 Å². The number of carbonyl (C=O) groups excluding carboxylic acids is 4. The number of esters is 2. The molecule has 2 fully saturated rings. The van der Waals surface area contributed by atoms with Gasteiger partial charge in [0.25, 0.3) is 0 Å². The summed E-state index contributed by atoms with van der Waals surface area (Å²) in [5, 5.41) is 5.95. The lowest BCUT2D eigenvalue weighted by molar-refractivity contribution is -0.142. The molecule has 0 saturated heterocycles. The van der Waals surface area contributed by atoms with Crippen molar-refractivity contribution in [3.8, 4) is 53.1 Å². The van der Waals surface area contributed by atoms with E-state index in [1.807, 2.05) is 0 Å². The van der Waals surface area contributed by atoms with Gasteiger partial charge in [0.2, 0.25) is 0 Å². The lowest BCUT2D eigenvalue weighted by Gasteiger charge is -2.46. The molecule has 2 saturated carbocycles. The van der Waals surface area contributed by atoms with E-state index in [1.54, 1.807) is 31.2 Å². The molecule has 1 aromatic carbocycles. The molecule has 0 heterocycles. The maximum absolute atomic E-state index is 13.3. The van der Waals surface area contributed by atoms with Crippen LogP contribution < -0.4 is 15.4 Å². The largest absolute Gasteiger partial charge is 0.490 e. The van der Waals surface area contributed by atoms with Crippen LogP contribution >= 0.6 is 0 Å². The van der Waals surface area contributed by atoms with Crippen molar-refractivity contribution >= 4 is 24.1 Å². The van der Waals surface area contributed by atoms with Gasteiger partial charge in [0.05, 0.1) is 13.2 Å². The van der Waals surface area contributed by atoms with Gasteiger partial charge in [0.15, 0.2) is 6.10 Å². The first-order valence-electron chi connectivity index (χ1n) is 18.8. The molecule has 56 heavy (non-hydrogen) atoms. The maximum atomic E-state index is 13.3. The van der Waals surface area contributed by atoms with E-state index in [2.05, 4.69) is 91.9 Å². The van der Waals surface area contributed by atoms with Crippen LogP contribution in [0.1, 0.15) is 85.1 Å². The minimum absolute atomic E-state index is 0.0841. The molecular weight excluding hydrogens is 712 g/mol. The topological polar surface area (TPSA) is 138 Å². The van der Waals surface area contributed by atoms with Crippen LogP contribution in [0.3, 0.4) is 0 Å². The van der Waals surface area contributed by atoms with Crippen LogP contribution in [0.25, 0.3) is 0 Å². The Morgan fingerprint density at radius 3 is 2.11 bits per heavy atom. The molecule has 0 aliphatic heterocycles. The summed E-state index contributed by atoms with van der Waals surface area (Å²) in [5.41, 5.74) is 0.451. The molecule has 2 aliphatic carbocycles. The van der Waals surface area contributed by atoms with Crippen LogP contribution in [0.15, 0.2) is 49.1 Å². The highest BCUT2D eigenvalue weighted by atomic mass is 16.6. The van der Waals surface area contributed by atoms with Crippen LogP contribution in [-0.2, 0) is 28.5 Å². The highest BCUT2D eigenvalue weighted by Gasteiger charge is 2.42. The van der Waals surface area contributed by atoms with Crippen LogP contribution in [0.4, 0.5) is 9.59 Å². The van der Waals surface area contributed by atoms with E-state index in [4.69, 9.17) is 23.7 Å². The molecular formula is C45H54N2O9. The summed E-state index contributed by atoms with van der Waals surface area (Å²) in [5.74, 6) is 21.4. The first kappa shape index (κ1) is 44.6. The van der Waals surface area contributed by atoms with Gasteiger partial charge >= 0.3 is 24.1 Å². The van der Waals surface area contributed by atoms with Gasteiger partial charge < -0.3 is 34.3 Å². The van der Waals surface area contributed by atoms with E-state index in [-0.39, 0.29) is 41.6 Å². The van der Waals surface area contributed by atoms with Crippen molar-refractivity contribution in [3.05, 3.63) is 54.6 Å². The third-order valence-corrected chi connectivity index (χ3v) is 9.43. The zero-order chi connectivity index (χ0) is 41.0. The fraction of sp³-hybridized carbons (Fsp3) is 0.511. The van der Waals surface area contributed by atoms with Crippen molar-refractivity contribution in [2.75, 3.05) is 33.0 Å². The number of ether oxygens (including phenoxy) is 5. The molecule has 0 spiro atoms. The Balaban J connectivity index is 1.51. The Hall–Kier alpha value is -5.78. The molecule has 11 heteroatoms. The number of nitrogens with one attached hydrogen (secondary N) is 2. The molecule has 11 nitrogen and oxygen atoms in total. The van der Waals surface area contributed by atoms with Crippen molar-refractivity contribution in [1.29, 1.82) is 0 Å². The van der Waals surface area contributed by atoms with Gasteiger partial charge in [-0.15, -0.1) is 0 Å². The molecule has 0 radical (unpaired) electrons. The molecule has 0 aromatic heterocycles. The Kier molecular flexibility index (Phi) is 18.0. The first-order chi connectivity index (χ1) is 26.7. The predicted molar refractivity (Wildman–Crippen MR) is 212 cm³/mol. The van der Waals surface area contributed by atoms with Crippen molar-refractivity contribution in [2.24, 2.45) is 22.7 Å². The summed E-state index contributed by atoms with van der Waals surface area (Å²) < 4.78 is 27.7. The van der Waals surface area contributed by atoms with Crippen molar-refractivity contribution in [1.82, 2.24) is 10.6 Å². The highest BCUT2D eigenvalue weighted by Crippen LogP contribution is 2.46. The Labute approximate surface area is 332 Å².